The van der Waals surface area contributed by atoms with Crippen LogP contribution in [0.5, 0.6) is 5.75 Å². The van der Waals surface area contributed by atoms with E-state index in [4.69, 9.17) is 5.73 Å². The van der Waals surface area contributed by atoms with Gasteiger partial charge in [0.1, 0.15) is 5.75 Å². The Kier molecular flexibility index (Phi) is 4.64. The standard InChI is InChI=1S/C24H20N2O3/c1-15-19(14-17-10-5-6-11-18(17)16-8-3-2-4-9-16)26-13-7-12-20(27)22(26)21(15)23(28)24(25)29/h2-13,27H,14H2,1H3,(H2,25,29). The Morgan fingerprint density at radius 3 is 2.38 bits per heavy atom. The van der Waals surface area contributed by atoms with Crippen molar-refractivity contribution in [1.29, 1.82) is 0 Å². The van der Waals surface area contributed by atoms with Gasteiger partial charge < -0.3 is 15.2 Å². The van der Waals surface area contributed by atoms with Gasteiger partial charge in [0.05, 0.1) is 11.1 Å². The maximum absolute atomic E-state index is 12.5. The summed E-state index contributed by atoms with van der Waals surface area (Å²) in [7, 11) is 0. The van der Waals surface area contributed by atoms with Crippen molar-refractivity contribution in [2.75, 3.05) is 0 Å². The number of rotatable bonds is 5. The average molecular weight is 384 g/mol. The van der Waals surface area contributed by atoms with Crippen LogP contribution in [0.1, 0.15) is 27.2 Å². The normalized spacial score (nSPS) is 10.9. The van der Waals surface area contributed by atoms with Crippen LogP contribution in [0.15, 0.2) is 72.9 Å². The summed E-state index contributed by atoms with van der Waals surface area (Å²) in [6.45, 7) is 1.78. The van der Waals surface area contributed by atoms with Crippen LogP contribution in [0.4, 0.5) is 0 Å². The topological polar surface area (TPSA) is 84.8 Å². The Hall–Kier alpha value is -3.86. The Labute approximate surface area is 168 Å². The summed E-state index contributed by atoms with van der Waals surface area (Å²) in [4.78, 5) is 24.1. The first-order valence-corrected chi connectivity index (χ1v) is 9.28. The summed E-state index contributed by atoms with van der Waals surface area (Å²) < 4.78 is 1.77. The lowest BCUT2D eigenvalue weighted by Gasteiger charge is -2.11. The smallest absolute Gasteiger partial charge is 0.289 e. The maximum Gasteiger partial charge on any atom is 0.289 e. The van der Waals surface area contributed by atoms with Crippen molar-refractivity contribution < 1.29 is 14.7 Å². The first-order chi connectivity index (χ1) is 14.0. The number of ketones is 1. The molecule has 2 aromatic heterocycles. The number of primary amides is 1. The lowest BCUT2D eigenvalue weighted by Crippen LogP contribution is -2.23. The van der Waals surface area contributed by atoms with Crippen LogP contribution in [0.3, 0.4) is 0 Å². The van der Waals surface area contributed by atoms with Gasteiger partial charge in [-0.1, -0.05) is 54.6 Å². The molecule has 0 atom stereocenters. The van der Waals surface area contributed by atoms with Crippen molar-refractivity contribution in [2.45, 2.75) is 13.3 Å². The molecular weight excluding hydrogens is 364 g/mol. The minimum absolute atomic E-state index is 0.0669. The van der Waals surface area contributed by atoms with Crippen LogP contribution >= 0.6 is 0 Å². The second-order valence-corrected chi connectivity index (χ2v) is 6.95. The van der Waals surface area contributed by atoms with Gasteiger partial charge >= 0.3 is 0 Å². The van der Waals surface area contributed by atoms with Crippen LogP contribution in [-0.2, 0) is 11.2 Å². The van der Waals surface area contributed by atoms with Gasteiger partial charge in [0.2, 0.25) is 0 Å². The van der Waals surface area contributed by atoms with E-state index in [0.717, 1.165) is 22.4 Å². The molecule has 5 heteroatoms. The highest BCUT2D eigenvalue weighted by Gasteiger charge is 2.26. The maximum atomic E-state index is 12.5. The van der Waals surface area contributed by atoms with E-state index in [1.54, 1.807) is 23.6 Å². The molecule has 0 bridgehead atoms. The molecule has 4 rings (SSSR count). The van der Waals surface area contributed by atoms with Gasteiger partial charge in [-0.3, -0.25) is 9.59 Å². The first kappa shape index (κ1) is 18.5. The van der Waals surface area contributed by atoms with E-state index in [9.17, 15) is 14.7 Å². The molecule has 3 N–H and O–H groups in total. The molecule has 5 nitrogen and oxygen atoms in total. The van der Waals surface area contributed by atoms with Gasteiger partial charge in [0.15, 0.2) is 0 Å². The molecule has 0 spiro atoms. The van der Waals surface area contributed by atoms with Crippen molar-refractivity contribution in [2.24, 2.45) is 5.73 Å². The zero-order valence-corrected chi connectivity index (χ0v) is 15.9. The minimum Gasteiger partial charge on any atom is -0.506 e. The summed E-state index contributed by atoms with van der Waals surface area (Å²) in [6, 6.07) is 21.3. The molecule has 0 saturated carbocycles. The Balaban J connectivity index is 1.92. The van der Waals surface area contributed by atoms with E-state index < -0.39 is 11.7 Å². The minimum atomic E-state index is -1.04. The second-order valence-electron chi connectivity index (χ2n) is 6.95. The van der Waals surface area contributed by atoms with Gasteiger partial charge in [0.25, 0.3) is 11.7 Å². The molecule has 4 aromatic rings. The van der Waals surface area contributed by atoms with Crippen molar-refractivity contribution in [1.82, 2.24) is 4.40 Å². The lowest BCUT2D eigenvalue weighted by atomic mass is 9.95. The number of nitrogens with two attached hydrogens (primary N) is 1. The number of pyridine rings is 1. The van der Waals surface area contributed by atoms with E-state index in [2.05, 4.69) is 18.2 Å². The van der Waals surface area contributed by atoms with Gasteiger partial charge in [0, 0.05) is 18.3 Å². The van der Waals surface area contributed by atoms with Gasteiger partial charge in [-0.2, -0.15) is 0 Å². The molecule has 0 aliphatic rings. The van der Waals surface area contributed by atoms with Gasteiger partial charge in [-0.25, -0.2) is 0 Å². The molecular formula is C24H20N2O3. The number of carbonyl (C=O) groups is 2. The van der Waals surface area contributed by atoms with Crippen LogP contribution in [-0.4, -0.2) is 21.2 Å². The van der Waals surface area contributed by atoms with E-state index in [1.165, 1.54) is 6.07 Å². The van der Waals surface area contributed by atoms with Crippen LogP contribution in [0.25, 0.3) is 16.6 Å². The van der Waals surface area contributed by atoms with Crippen molar-refractivity contribution in [3.63, 3.8) is 0 Å². The molecule has 2 heterocycles. The number of hydrogen-bond donors (Lipinski definition) is 2. The molecule has 29 heavy (non-hydrogen) atoms. The number of amides is 1. The highest BCUT2D eigenvalue weighted by atomic mass is 16.3. The number of aromatic nitrogens is 1. The molecule has 0 radical (unpaired) electrons. The Morgan fingerprint density at radius 1 is 0.966 bits per heavy atom. The molecule has 0 aliphatic carbocycles. The Bertz CT molecular complexity index is 1240. The fraction of sp³-hybridized carbons (Fsp3) is 0.0833. The third-order valence-electron chi connectivity index (χ3n) is 5.22. The number of hydrogen-bond acceptors (Lipinski definition) is 3. The highest BCUT2D eigenvalue weighted by molar-refractivity contribution is 6.44. The number of Topliss-reactive ketones (excluding diaryl/α,β-unsaturated/α-hetero) is 1. The third-order valence-corrected chi connectivity index (χ3v) is 5.22. The zero-order chi connectivity index (χ0) is 20.5. The predicted molar refractivity (Wildman–Crippen MR) is 112 cm³/mol. The Morgan fingerprint density at radius 2 is 1.66 bits per heavy atom. The monoisotopic (exact) mass is 384 g/mol. The number of aromatic hydroxyl groups is 1. The molecule has 1 amide bonds. The van der Waals surface area contributed by atoms with E-state index in [0.29, 0.717) is 17.5 Å². The zero-order valence-electron chi connectivity index (χ0n) is 15.9. The molecule has 0 aliphatic heterocycles. The average Bonchev–Trinajstić information content (AvgIpc) is 3.01. The van der Waals surface area contributed by atoms with Crippen LogP contribution in [0.2, 0.25) is 0 Å². The van der Waals surface area contributed by atoms with Crippen molar-refractivity contribution in [3.05, 3.63) is 95.3 Å². The molecule has 0 fully saturated rings. The fourth-order valence-electron chi connectivity index (χ4n) is 3.85. The summed E-state index contributed by atoms with van der Waals surface area (Å²) in [5, 5.41) is 10.4. The number of carbonyl (C=O) groups excluding carboxylic acids is 2. The summed E-state index contributed by atoms with van der Waals surface area (Å²) in [6.07, 6.45) is 2.30. The highest BCUT2D eigenvalue weighted by Crippen LogP contribution is 2.33. The second kappa shape index (κ2) is 7.28. The number of fused-ring (bicyclic) bond motifs is 1. The molecule has 0 unspecified atom stereocenters. The quantitative estimate of drug-likeness (QED) is 0.404. The lowest BCUT2D eigenvalue weighted by molar-refractivity contribution is -0.114. The predicted octanol–water partition coefficient (Wildman–Crippen LogP) is 3.88. The summed E-state index contributed by atoms with van der Waals surface area (Å²) in [5.74, 6) is -1.91. The third kappa shape index (κ3) is 3.17. The largest absolute Gasteiger partial charge is 0.506 e. The van der Waals surface area contributed by atoms with E-state index in [1.807, 2.05) is 36.4 Å². The van der Waals surface area contributed by atoms with Gasteiger partial charge in [-0.05, 0) is 41.3 Å². The molecule has 0 saturated heterocycles. The summed E-state index contributed by atoms with van der Waals surface area (Å²) >= 11 is 0. The molecule has 2 aromatic carbocycles. The summed E-state index contributed by atoms with van der Waals surface area (Å²) in [5.41, 5.74) is 10.4. The van der Waals surface area contributed by atoms with Crippen molar-refractivity contribution >= 4 is 17.2 Å². The van der Waals surface area contributed by atoms with Crippen LogP contribution in [0, 0.1) is 6.92 Å². The number of benzene rings is 2. The fourth-order valence-corrected chi connectivity index (χ4v) is 3.85. The molecule has 144 valence electrons. The number of nitrogens with zero attached hydrogens (tertiary/aromatic N) is 1. The van der Waals surface area contributed by atoms with Gasteiger partial charge in [-0.15, -0.1) is 0 Å². The van der Waals surface area contributed by atoms with E-state index in [-0.39, 0.29) is 11.3 Å². The van der Waals surface area contributed by atoms with Crippen LogP contribution < -0.4 is 5.73 Å². The van der Waals surface area contributed by atoms with E-state index >= 15 is 0 Å². The van der Waals surface area contributed by atoms with Crippen molar-refractivity contribution in [3.8, 4) is 16.9 Å². The first-order valence-electron chi connectivity index (χ1n) is 9.28. The SMILES string of the molecule is Cc1c(C(=O)C(N)=O)c2c(O)cccn2c1Cc1ccccc1-c1ccccc1.